The maximum absolute atomic E-state index is 11.9. The molecule has 1 unspecified atom stereocenters. The second kappa shape index (κ2) is 10.5. The quantitative estimate of drug-likeness (QED) is 0.639. The normalized spacial score (nSPS) is 17.3. The Labute approximate surface area is 171 Å². The molecule has 1 atom stereocenters. The van der Waals surface area contributed by atoms with Crippen molar-refractivity contribution in [3.63, 3.8) is 0 Å². The molecule has 28 heavy (non-hydrogen) atoms. The lowest BCUT2D eigenvalue weighted by molar-refractivity contribution is 0.0955. The van der Waals surface area contributed by atoms with Gasteiger partial charge in [-0.3, -0.25) is 9.69 Å². The summed E-state index contributed by atoms with van der Waals surface area (Å²) in [5.41, 5.74) is 1.25. The van der Waals surface area contributed by atoms with E-state index >= 15 is 0 Å². The summed E-state index contributed by atoms with van der Waals surface area (Å²) < 4.78 is 11.4. The van der Waals surface area contributed by atoms with E-state index in [1.54, 1.807) is 7.11 Å². The van der Waals surface area contributed by atoms with Crippen LogP contribution >= 0.6 is 11.3 Å². The molecule has 1 saturated heterocycles. The molecule has 5 nitrogen and oxygen atoms in total. The maximum atomic E-state index is 11.9. The molecule has 152 valence electrons. The second-order valence-electron chi connectivity index (χ2n) is 7.40. The van der Waals surface area contributed by atoms with Crippen molar-refractivity contribution >= 4 is 17.2 Å². The molecule has 2 heterocycles. The number of carbonyl (C=O) groups excluding carboxylic acids is 1. The number of hydrogen-bond donors (Lipinski definition) is 1. The highest BCUT2D eigenvalue weighted by atomic mass is 32.1. The molecule has 1 amide bonds. The minimum absolute atomic E-state index is 0.0241. The average Bonchev–Trinajstić information content (AvgIpc) is 3.23. The van der Waals surface area contributed by atoms with Crippen LogP contribution in [0.15, 0.2) is 35.7 Å². The predicted octanol–water partition coefficient (Wildman–Crippen LogP) is 4.19. The van der Waals surface area contributed by atoms with Crippen LogP contribution in [-0.4, -0.2) is 44.2 Å². The van der Waals surface area contributed by atoms with Crippen LogP contribution in [0.2, 0.25) is 0 Å². The van der Waals surface area contributed by atoms with E-state index < -0.39 is 0 Å². The highest BCUT2D eigenvalue weighted by molar-refractivity contribution is 7.12. The van der Waals surface area contributed by atoms with Crippen molar-refractivity contribution in [2.24, 2.45) is 5.92 Å². The zero-order chi connectivity index (χ0) is 19.8. The van der Waals surface area contributed by atoms with Gasteiger partial charge in [-0.25, -0.2) is 0 Å². The van der Waals surface area contributed by atoms with Crippen LogP contribution in [-0.2, 0) is 6.54 Å². The van der Waals surface area contributed by atoms with E-state index in [0.29, 0.717) is 13.2 Å². The lowest BCUT2D eigenvalue weighted by Crippen LogP contribution is -2.33. The van der Waals surface area contributed by atoms with Crippen LogP contribution in [0.3, 0.4) is 0 Å². The van der Waals surface area contributed by atoms with Crippen molar-refractivity contribution in [2.75, 3.05) is 33.4 Å². The van der Waals surface area contributed by atoms with Crippen molar-refractivity contribution < 1.29 is 14.3 Å². The number of carbonyl (C=O) groups is 1. The molecule has 6 heteroatoms. The number of thiophene rings is 1. The van der Waals surface area contributed by atoms with Gasteiger partial charge < -0.3 is 14.8 Å². The minimum Gasteiger partial charge on any atom is -0.493 e. The first-order valence-electron chi connectivity index (χ1n) is 9.99. The fourth-order valence-electron chi connectivity index (χ4n) is 3.57. The van der Waals surface area contributed by atoms with Crippen LogP contribution in [0.5, 0.6) is 11.5 Å². The van der Waals surface area contributed by atoms with Gasteiger partial charge in [-0.1, -0.05) is 19.1 Å². The molecule has 0 bridgehead atoms. The zero-order valence-electron chi connectivity index (χ0n) is 16.8. The number of methoxy groups -OCH3 is 1. The molecule has 0 aliphatic carbocycles. The van der Waals surface area contributed by atoms with Gasteiger partial charge in [-0.2, -0.15) is 0 Å². The summed E-state index contributed by atoms with van der Waals surface area (Å²) in [6.07, 6.45) is 3.36. The van der Waals surface area contributed by atoms with Gasteiger partial charge in [0, 0.05) is 19.6 Å². The molecular formula is C22H30N2O3S. The molecule has 1 aromatic carbocycles. The van der Waals surface area contributed by atoms with Gasteiger partial charge in [0.15, 0.2) is 11.5 Å². The molecule has 0 saturated carbocycles. The van der Waals surface area contributed by atoms with E-state index in [0.717, 1.165) is 41.8 Å². The Balaban J connectivity index is 1.44. The van der Waals surface area contributed by atoms with Crippen LogP contribution < -0.4 is 14.8 Å². The summed E-state index contributed by atoms with van der Waals surface area (Å²) >= 11 is 1.45. The number of amides is 1. The maximum Gasteiger partial charge on any atom is 0.261 e. The van der Waals surface area contributed by atoms with Crippen molar-refractivity contribution in [1.82, 2.24) is 10.2 Å². The zero-order valence-corrected chi connectivity index (χ0v) is 17.6. The Bertz CT molecular complexity index is 748. The molecule has 1 aromatic heterocycles. The van der Waals surface area contributed by atoms with E-state index in [1.807, 2.05) is 23.6 Å². The van der Waals surface area contributed by atoms with Gasteiger partial charge in [-0.15, -0.1) is 11.3 Å². The van der Waals surface area contributed by atoms with Crippen molar-refractivity contribution in [1.29, 1.82) is 0 Å². The fraction of sp³-hybridized carbons (Fsp3) is 0.500. The van der Waals surface area contributed by atoms with Crippen LogP contribution in [0.1, 0.15) is 41.4 Å². The monoisotopic (exact) mass is 402 g/mol. The average molecular weight is 403 g/mol. The number of ether oxygens (including phenoxy) is 2. The Morgan fingerprint density at radius 3 is 2.96 bits per heavy atom. The highest BCUT2D eigenvalue weighted by Crippen LogP contribution is 2.29. The summed E-state index contributed by atoms with van der Waals surface area (Å²) in [4.78, 5) is 15.1. The smallest absolute Gasteiger partial charge is 0.261 e. The summed E-state index contributed by atoms with van der Waals surface area (Å²) in [6.45, 7) is 6.73. The summed E-state index contributed by atoms with van der Waals surface area (Å²) in [7, 11) is 1.68. The fourth-order valence-corrected chi connectivity index (χ4v) is 4.21. The number of rotatable bonds is 9. The van der Waals surface area contributed by atoms with E-state index in [1.165, 1.54) is 36.3 Å². The molecular weight excluding hydrogens is 372 g/mol. The SMILES string of the molecule is COc1cc(CN2CCCC(C)C2)ccc1OCCCNC(=O)c1cccs1. The van der Waals surface area contributed by atoms with Crippen molar-refractivity contribution in [2.45, 2.75) is 32.7 Å². The Morgan fingerprint density at radius 1 is 1.32 bits per heavy atom. The lowest BCUT2D eigenvalue weighted by atomic mass is 10.00. The third-order valence-corrected chi connectivity index (χ3v) is 5.85. The van der Waals surface area contributed by atoms with Crippen molar-refractivity contribution in [3.8, 4) is 11.5 Å². The molecule has 3 rings (SSSR count). The standard InChI is InChI=1S/C22H30N2O3S/c1-17-6-3-11-24(15-17)16-18-8-9-19(20(14-18)26-2)27-12-5-10-23-22(25)21-7-4-13-28-21/h4,7-9,13-14,17H,3,5-6,10-12,15-16H2,1-2H3,(H,23,25). The van der Waals surface area contributed by atoms with Crippen LogP contribution in [0, 0.1) is 5.92 Å². The molecule has 1 aliphatic heterocycles. The molecule has 2 aromatic rings. The second-order valence-corrected chi connectivity index (χ2v) is 8.35. The molecule has 0 spiro atoms. The molecule has 0 radical (unpaired) electrons. The van der Waals surface area contributed by atoms with Gasteiger partial charge in [0.2, 0.25) is 0 Å². The Morgan fingerprint density at radius 2 is 2.21 bits per heavy atom. The molecule has 1 N–H and O–H groups in total. The van der Waals surface area contributed by atoms with Gasteiger partial charge in [0.25, 0.3) is 5.91 Å². The van der Waals surface area contributed by atoms with Gasteiger partial charge in [-0.05, 0) is 60.9 Å². The summed E-state index contributed by atoms with van der Waals surface area (Å²) in [6, 6.07) is 9.90. The topological polar surface area (TPSA) is 50.8 Å². The lowest BCUT2D eigenvalue weighted by Gasteiger charge is -2.30. The third-order valence-electron chi connectivity index (χ3n) is 4.98. The molecule has 1 fully saturated rings. The van der Waals surface area contributed by atoms with E-state index in [-0.39, 0.29) is 5.91 Å². The minimum atomic E-state index is -0.0241. The summed E-state index contributed by atoms with van der Waals surface area (Å²) in [5.74, 6) is 2.27. The third kappa shape index (κ3) is 5.97. The number of benzene rings is 1. The number of nitrogens with zero attached hydrogens (tertiary/aromatic N) is 1. The number of hydrogen-bond acceptors (Lipinski definition) is 5. The Kier molecular flexibility index (Phi) is 7.74. The van der Waals surface area contributed by atoms with Crippen LogP contribution in [0.25, 0.3) is 0 Å². The molecule has 1 aliphatic rings. The first-order valence-corrected chi connectivity index (χ1v) is 10.9. The van der Waals surface area contributed by atoms with Gasteiger partial charge in [0.1, 0.15) is 0 Å². The number of piperidine rings is 1. The van der Waals surface area contributed by atoms with E-state index in [9.17, 15) is 4.79 Å². The first-order chi connectivity index (χ1) is 13.7. The van der Waals surface area contributed by atoms with Gasteiger partial charge in [0.05, 0.1) is 18.6 Å². The summed E-state index contributed by atoms with van der Waals surface area (Å²) in [5, 5.41) is 4.82. The number of likely N-dealkylation sites (tertiary alicyclic amines) is 1. The van der Waals surface area contributed by atoms with Crippen LogP contribution in [0.4, 0.5) is 0 Å². The van der Waals surface area contributed by atoms with Crippen molar-refractivity contribution in [3.05, 3.63) is 46.2 Å². The predicted molar refractivity (Wildman–Crippen MR) is 113 cm³/mol. The number of nitrogens with one attached hydrogen (secondary N) is 1. The van der Waals surface area contributed by atoms with E-state index in [2.05, 4.69) is 29.3 Å². The largest absolute Gasteiger partial charge is 0.493 e. The Hall–Kier alpha value is -2.05. The highest BCUT2D eigenvalue weighted by Gasteiger charge is 2.17. The first kappa shape index (κ1) is 20.7. The van der Waals surface area contributed by atoms with E-state index in [4.69, 9.17) is 9.47 Å². The van der Waals surface area contributed by atoms with Gasteiger partial charge >= 0.3 is 0 Å².